The van der Waals surface area contributed by atoms with Gasteiger partial charge in [0.2, 0.25) is 0 Å². The first-order valence-corrected chi connectivity index (χ1v) is 7.50. The molecule has 0 amide bonds. The normalized spacial score (nSPS) is 10.6. The van der Waals surface area contributed by atoms with Gasteiger partial charge in [-0.05, 0) is 59.0 Å². The van der Waals surface area contributed by atoms with Crippen molar-refractivity contribution < 1.29 is 4.79 Å². The van der Waals surface area contributed by atoms with Gasteiger partial charge in [0, 0.05) is 49.5 Å². The summed E-state index contributed by atoms with van der Waals surface area (Å²) in [6.45, 7) is 0. The molecule has 0 bridgehead atoms. The van der Waals surface area contributed by atoms with Crippen LogP contribution < -0.4 is 10.2 Å². The summed E-state index contributed by atoms with van der Waals surface area (Å²) in [4.78, 5) is 18.0. The molecule has 108 valence electrons. The fourth-order valence-corrected chi connectivity index (χ4v) is 2.01. The summed E-state index contributed by atoms with van der Waals surface area (Å²) < 4.78 is 0.868. The smallest absolute Gasteiger partial charge is 0.188 e. The number of aromatic nitrogens is 1. The number of carbonyl (C=O) groups is 1. The Morgan fingerprint density at radius 1 is 1.19 bits per heavy atom. The summed E-state index contributed by atoms with van der Waals surface area (Å²) in [5.74, 6) is -0.0729. The highest BCUT2D eigenvalue weighted by molar-refractivity contribution is 14.1. The number of ketones is 1. The van der Waals surface area contributed by atoms with Crippen LogP contribution in [-0.4, -0.2) is 24.9 Å². The van der Waals surface area contributed by atoms with Crippen molar-refractivity contribution in [3.63, 3.8) is 0 Å². The minimum absolute atomic E-state index is 0.0729. The molecule has 5 heteroatoms. The van der Waals surface area contributed by atoms with Crippen LogP contribution in [0.3, 0.4) is 0 Å². The molecular weight excluding hydrogens is 377 g/mol. The predicted octanol–water partition coefficient (Wildman–Crippen LogP) is 3.56. The zero-order valence-corrected chi connectivity index (χ0v) is 14.0. The van der Waals surface area contributed by atoms with Crippen molar-refractivity contribution in [1.82, 2.24) is 4.98 Å². The van der Waals surface area contributed by atoms with E-state index < -0.39 is 0 Å². The number of allylic oxidation sites excluding steroid dienone is 1. The quantitative estimate of drug-likeness (QED) is 0.365. The molecule has 0 aliphatic heterocycles. The zero-order valence-electron chi connectivity index (χ0n) is 11.9. The molecule has 0 saturated heterocycles. The first-order valence-electron chi connectivity index (χ1n) is 6.42. The Morgan fingerprint density at radius 3 is 2.48 bits per heavy atom. The van der Waals surface area contributed by atoms with Crippen LogP contribution in [0.15, 0.2) is 54.9 Å². The van der Waals surface area contributed by atoms with Crippen molar-refractivity contribution in [2.24, 2.45) is 0 Å². The van der Waals surface area contributed by atoms with Gasteiger partial charge in [0.15, 0.2) is 5.78 Å². The van der Waals surface area contributed by atoms with Gasteiger partial charge in [0.25, 0.3) is 0 Å². The fourth-order valence-electron chi connectivity index (χ4n) is 1.69. The number of hydrogen-bond donors (Lipinski definition) is 1. The van der Waals surface area contributed by atoms with Crippen molar-refractivity contribution in [2.45, 2.75) is 0 Å². The molecule has 2 rings (SSSR count). The third-order valence-corrected chi connectivity index (χ3v) is 3.52. The lowest BCUT2D eigenvalue weighted by Crippen LogP contribution is -2.08. The maximum absolute atomic E-state index is 11.9. The van der Waals surface area contributed by atoms with E-state index in [1.165, 1.54) is 6.08 Å². The summed E-state index contributed by atoms with van der Waals surface area (Å²) in [6.07, 6.45) is 4.73. The topological polar surface area (TPSA) is 45.2 Å². The van der Waals surface area contributed by atoms with Gasteiger partial charge < -0.3 is 10.2 Å². The molecule has 4 nitrogen and oxygen atoms in total. The molecule has 0 radical (unpaired) electrons. The largest absolute Gasteiger partial charge is 0.378 e. The Morgan fingerprint density at radius 2 is 1.90 bits per heavy atom. The molecular formula is C16H16IN3O. The van der Waals surface area contributed by atoms with Gasteiger partial charge in [-0.25, -0.2) is 4.98 Å². The SMILES string of the molecule is CN(C)c1ccc(NC=CC(=O)c2ccc(I)nc2)cc1. The van der Waals surface area contributed by atoms with Crippen LogP contribution in [-0.2, 0) is 0 Å². The van der Waals surface area contributed by atoms with Crippen LogP contribution in [0.25, 0.3) is 0 Å². The molecule has 0 saturated carbocycles. The molecule has 0 spiro atoms. The summed E-state index contributed by atoms with van der Waals surface area (Å²) in [6, 6.07) is 11.6. The van der Waals surface area contributed by atoms with E-state index in [1.54, 1.807) is 18.5 Å². The summed E-state index contributed by atoms with van der Waals surface area (Å²) >= 11 is 2.11. The number of nitrogens with zero attached hydrogens (tertiary/aromatic N) is 2. The molecule has 1 aromatic carbocycles. The minimum atomic E-state index is -0.0729. The number of pyridine rings is 1. The van der Waals surface area contributed by atoms with E-state index in [4.69, 9.17) is 0 Å². The van der Waals surface area contributed by atoms with Crippen molar-refractivity contribution in [1.29, 1.82) is 0 Å². The molecule has 0 fully saturated rings. The van der Waals surface area contributed by atoms with Crippen LogP contribution in [0.5, 0.6) is 0 Å². The average Bonchev–Trinajstić information content (AvgIpc) is 2.48. The van der Waals surface area contributed by atoms with Crippen molar-refractivity contribution in [2.75, 3.05) is 24.3 Å². The first-order chi connectivity index (χ1) is 10.1. The van der Waals surface area contributed by atoms with Crippen molar-refractivity contribution in [3.8, 4) is 0 Å². The lowest BCUT2D eigenvalue weighted by Gasteiger charge is -2.12. The standard InChI is InChI=1S/C16H16IN3O/c1-20(2)14-6-4-13(5-7-14)18-10-9-15(21)12-3-8-16(17)19-11-12/h3-11,18H,1-2H3. The summed E-state index contributed by atoms with van der Waals surface area (Å²) in [5.41, 5.74) is 2.65. The Balaban J connectivity index is 1.95. The van der Waals surface area contributed by atoms with Gasteiger partial charge in [-0.2, -0.15) is 0 Å². The van der Waals surface area contributed by atoms with Crippen LogP contribution in [0.1, 0.15) is 10.4 Å². The highest BCUT2D eigenvalue weighted by Crippen LogP contribution is 2.15. The van der Waals surface area contributed by atoms with E-state index in [9.17, 15) is 4.79 Å². The van der Waals surface area contributed by atoms with Gasteiger partial charge in [0.1, 0.15) is 3.70 Å². The number of rotatable bonds is 5. The van der Waals surface area contributed by atoms with E-state index in [-0.39, 0.29) is 5.78 Å². The zero-order chi connectivity index (χ0) is 15.2. The summed E-state index contributed by atoms with van der Waals surface area (Å²) in [5, 5.41) is 3.08. The van der Waals surface area contributed by atoms with Gasteiger partial charge in [0.05, 0.1) is 0 Å². The maximum Gasteiger partial charge on any atom is 0.188 e. The molecule has 0 aliphatic rings. The number of nitrogens with one attached hydrogen (secondary N) is 1. The average molecular weight is 393 g/mol. The molecule has 0 aliphatic carbocycles. The number of benzene rings is 1. The van der Waals surface area contributed by atoms with Crippen molar-refractivity contribution in [3.05, 3.63) is 64.1 Å². The highest BCUT2D eigenvalue weighted by atomic mass is 127. The Bertz CT molecular complexity index is 634. The summed E-state index contributed by atoms with van der Waals surface area (Å²) in [7, 11) is 3.99. The lowest BCUT2D eigenvalue weighted by atomic mass is 10.2. The highest BCUT2D eigenvalue weighted by Gasteiger charge is 2.01. The minimum Gasteiger partial charge on any atom is -0.378 e. The molecule has 0 atom stereocenters. The maximum atomic E-state index is 11.9. The second-order valence-electron chi connectivity index (χ2n) is 4.65. The van der Waals surface area contributed by atoms with E-state index in [2.05, 4.69) is 32.9 Å². The van der Waals surface area contributed by atoms with Crippen LogP contribution in [0.4, 0.5) is 11.4 Å². The molecule has 1 aromatic heterocycles. The van der Waals surface area contributed by atoms with Gasteiger partial charge in [-0.3, -0.25) is 4.79 Å². The van der Waals surface area contributed by atoms with Gasteiger partial charge in [-0.1, -0.05) is 0 Å². The molecule has 21 heavy (non-hydrogen) atoms. The van der Waals surface area contributed by atoms with E-state index >= 15 is 0 Å². The van der Waals surface area contributed by atoms with Crippen molar-refractivity contribution >= 4 is 39.7 Å². The number of halogens is 1. The first kappa shape index (κ1) is 15.5. The number of anilines is 2. The van der Waals surface area contributed by atoms with E-state index in [1.807, 2.05) is 49.3 Å². The monoisotopic (exact) mass is 393 g/mol. The Kier molecular flexibility index (Phi) is 5.32. The van der Waals surface area contributed by atoms with Crippen LogP contribution in [0, 0.1) is 3.70 Å². The Hall–Kier alpha value is -1.89. The number of hydrogen-bond acceptors (Lipinski definition) is 4. The fraction of sp³-hybridized carbons (Fsp3) is 0.125. The van der Waals surface area contributed by atoms with Crippen LogP contribution >= 0.6 is 22.6 Å². The molecule has 1 heterocycles. The third-order valence-electron chi connectivity index (χ3n) is 2.88. The third kappa shape index (κ3) is 4.56. The predicted molar refractivity (Wildman–Crippen MR) is 94.8 cm³/mol. The second-order valence-corrected chi connectivity index (χ2v) is 5.76. The van der Waals surface area contributed by atoms with Gasteiger partial charge >= 0.3 is 0 Å². The van der Waals surface area contributed by atoms with E-state index in [0.717, 1.165) is 15.1 Å². The lowest BCUT2D eigenvalue weighted by molar-refractivity contribution is 0.104. The van der Waals surface area contributed by atoms with E-state index in [0.29, 0.717) is 5.56 Å². The molecule has 0 unspecified atom stereocenters. The molecule has 2 aromatic rings. The van der Waals surface area contributed by atoms with Crippen LogP contribution in [0.2, 0.25) is 0 Å². The second kappa shape index (κ2) is 7.21. The Labute approximate surface area is 138 Å². The number of carbonyl (C=O) groups excluding carboxylic acids is 1. The van der Waals surface area contributed by atoms with Gasteiger partial charge in [-0.15, -0.1) is 0 Å². The molecule has 1 N–H and O–H groups in total.